The van der Waals surface area contributed by atoms with Crippen molar-refractivity contribution in [2.45, 2.75) is 33.0 Å². The predicted molar refractivity (Wildman–Crippen MR) is 93.4 cm³/mol. The molecule has 124 valence electrons. The Hall–Kier alpha value is -1.59. The Bertz CT molecular complexity index is 661. The van der Waals surface area contributed by atoms with E-state index in [9.17, 15) is 4.39 Å². The minimum Gasteiger partial charge on any atom is -0.493 e. The molecule has 5 heteroatoms. The molecule has 0 radical (unpaired) electrons. The van der Waals surface area contributed by atoms with Crippen molar-refractivity contribution in [2.75, 3.05) is 7.11 Å². The number of rotatable bonds is 7. The number of hydrogen-bond donors (Lipinski definition) is 1. The van der Waals surface area contributed by atoms with E-state index in [0.29, 0.717) is 23.1 Å². The zero-order valence-corrected chi connectivity index (χ0v) is 15.1. The number of benzene rings is 2. The summed E-state index contributed by atoms with van der Waals surface area (Å²) in [4.78, 5) is 0. The van der Waals surface area contributed by atoms with Gasteiger partial charge in [-0.2, -0.15) is 0 Å². The number of hydrogen-bond acceptors (Lipinski definition) is 3. The SMILES string of the molecule is COc1cc(CNC(C)C)c(Br)cc1OCc1ccccc1F. The van der Waals surface area contributed by atoms with Crippen LogP contribution < -0.4 is 14.8 Å². The van der Waals surface area contributed by atoms with E-state index in [2.05, 4.69) is 35.1 Å². The summed E-state index contributed by atoms with van der Waals surface area (Å²) in [7, 11) is 1.60. The van der Waals surface area contributed by atoms with E-state index in [0.717, 1.165) is 16.6 Å². The van der Waals surface area contributed by atoms with Crippen molar-refractivity contribution in [3.63, 3.8) is 0 Å². The zero-order valence-electron chi connectivity index (χ0n) is 13.5. The van der Waals surface area contributed by atoms with Crippen molar-refractivity contribution in [1.82, 2.24) is 5.32 Å². The van der Waals surface area contributed by atoms with Crippen LogP contribution in [-0.2, 0) is 13.2 Å². The standard InChI is InChI=1S/C18H21BrFNO2/c1-12(2)21-10-14-8-17(22-3)18(9-15(14)19)23-11-13-6-4-5-7-16(13)20/h4-9,12,21H,10-11H2,1-3H3. The molecule has 0 spiro atoms. The maximum Gasteiger partial charge on any atom is 0.162 e. The predicted octanol–water partition coefficient (Wildman–Crippen LogP) is 4.67. The van der Waals surface area contributed by atoms with Crippen molar-refractivity contribution < 1.29 is 13.9 Å². The van der Waals surface area contributed by atoms with Crippen LogP contribution >= 0.6 is 15.9 Å². The van der Waals surface area contributed by atoms with Gasteiger partial charge in [0.25, 0.3) is 0 Å². The van der Waals surface area contributed by atoms with E-state index in [-0.39, 0.29) is 12.4 Å². The van der Waals surface area contributed by atoms with Gasteiger partial charge in [0, 0.05) is 22.6 Å². The highest BCUT2D eigenvalue weighted by Crippen LogP contribution is 2.34. The summed E-state index contributed by atoms with van der Waals surface area (Å²) in [5, 5.41) is 3.36. The molecule has 3 nitrogen and oxygen atoms in total. The molecule has 1 N–H and O–H groups in total. The number of ether oxygens (including phenoxy) is 2. The van der Waals surface area contributed by atoms with Gasteiger partial charge in [0.1, 0.15) is 12.4 Å². The molecule has 0 saturated heterocycles. The van der Waals surface area contributed by atoms with Crippen molar-refractivity contribution in [3.05, 3.63) is 57.8 Å². The fourth-order valence-corrected chi connectivity index (χ4v) is 2.53. The first-order valence-corrected chi connectivity index (χ1v) is 8.26. The lowest BCUT2D eigenvalue weighted by Gasteiger charge is -2.15. The lowest BCUT2D eigenvalue weighted by Crippen LogP contribution is -2.22. The fourth-order valence-electron chi connectivity index (χ4n) is 2.07. The molecule has 0 saturated carbocycles. The average molecular weight is 382 g/mol. The topological polar surface area (TPSA) is 30.5 Å². The van der Waals surface area contributed by atoms with Crippen LogP contribution in [0.1, 0.15) is 25.0 Å². The van der Waals surface area contributed by atoms with E-state index >= 15 is 0 Å². The largest absolute Gasteiger partial charge is 0.493 e. The van der Waals surface area contributed by atoms with Crippen LogP contribution in [-0.4, -0.2) is 13.2 Å². The molecule has 2 rings (SSSR count). The Morgan fingerprint density at radius 3 is 2.52 bits per heavy atom. The molecule has 2 aromatic carbocycles. The van der Waals surface area contributed by atoms with Crippen LogP contribution in [0, 0.1) is 5.82 Å². The zero-order chi connectivity index (χ0) is 16.8. The molecule has 23 heavy (non-hydrogen) atoms. The third-order valence-electron chi connectivity index (χ3n) is 3.37. The van der Waals surface area contributed by atoms with E-state index in [1.54, 1.807) is 25.3 Å². The molecule has 0 heterocycles. The lowest BCUT2D eigenvalue weighted by atomic mass is 10.2. The van der Waals surface area contributed by atoms with Crippen LogP contribution in [0.25, 0.3) is 0 Å². The first-order chi connectivity index (χ1) is 11.0. The highest BCUT2D eigenvalue weighted by molar-refractivity contribution is 9.10. The maximum atomic E-state index is 13.7. The highest BCUT2D eigenvalue weighted by Gasteiger charge is 2.12. The minimum atomic E-state index is -0.275. The summed E-state index contributed by atoms with van der Waals surface area (Å²) < 4.78 is 25.7. The Morgan fingerprint density at radius 2 is 1.87 bits per heavy atom. The average Bonchev–Trinajstić information content (AvgIpc) is 2.53. The Kier molecular flexibility index (Phi) is 6.42. The second kappa shape index (κ2) is 8.31. The van der Waals surface area contributed by atoms with Crippen LogP contribution in [0.15, 0.2) is 40.9 Å². The molecule has 2 aromatic rings. The van der Waals surface area contributed by atoms with Crippen molar-refractivity contribution in [1.29, 1.82) is 0 Å². The van der Waals surface area contributed by atoms with Gasteiger partial charge in [-0.1, -0.05) is 48.0 Å². The first-order valence-electron chi connectivity index (χ1n) is 7.47. The van der Waals surface area contributed by atoms with Crippen LogP contribution in [0.4, 0.5) is 4.39 Å². The summed E-state index contributed by atoms with van der Waals surface area (Å²) >= 11 is 3.55. The molecule has 0 amide bonds. The van der Waals surface area contributed by atoms with Crippen molar-refractivity contribution >= 4 is 15.9 Å². The van der Waals surface area contributed by atoms with Gasteiger partial charge in [-0.3, -0.25) is 0 Å². The molecule has 0 aromatic heterocycles. The third kappa shape index (κ3) is 4.94. The maximum absolute atomic E-state index is 13.7. The molecule has 0 aliphatic rings. The second-order valence-corrected chi connectivity index (χ2v) is 6.36. The number of methoxy groups -OCH3 is 1. The van der Waals surface area contributed by atoms with E-state index in [1.807, 2.05) is 12.1 Å². The summed E-state index contributed by atoms with van der Waals surface area (Å²) in [6.07, 6.45) is 0. The number of halogens is 2. The molecular formula is C18H21BrFNO2. The molecular weight excluding hydrogens is 361 g/mol. The molecule has 0 unspecified atom stereocenters. The van der Waals surface area contributed by atoms with Crippen LogP contribution in [0.2, 0.25) is 0 Å². The molecule has 0 fully saturated rings. The summed E-state index contributed by atoms with van der Waals surface area (Å²) in [6, 6.07) is 10.8. The summed E-state index contributed by atoms with van der Waals surface area (Å²) in [5.74, 6) is 0.935. The highest BCUT2D eigenvalue weighted by atomic mass is 79.9. The molecule has 0 atom stereocenters. The third-order valence-corrected chi connectivity index (χ3v) is 4.11. The van der Waals surface area contributed by atoms with Gasteiger partial charge in [0.05, 0.1) is 7.11 Å². The quantitative estimate of drug-likeness (QED) is 0.755. The van der Waals surface area contributed by atoms with Gasteiger partial charge < -0.3 is 14.8 Å². The Balaban J connectivity index is 2.15. The van der Waals surface area contributed by atoms with Crippen LogP contribution in [0.5, 0.6) is 11.5 Å². The van der Waals surface area contributed by atoms with Gasteiger partial charge in [-0.05, 0) is 23.8 Å². The lowest BCUT2D eigenvalue weighted by molar-refractivity contribution is 0.279. The smallest absolute Gasteiger partial charge is 0.162 e. The Labute approximate surface area is 144 Å². The summed E-state index contributed by atoms with van der Waals surface area (Å²) in [6.45, 7) is 5.06. The van der Waals surface area contributed by atoms with E-state index in [1.165, 1.54) is 6.07 Å². The van der Waals surface area contributed by atoms with Gasteiger partial charge in [0.15, 0.2) is 11.5 Å². The van der Waals surface area contributed by atoms with E-state index < -0.39 is 0 Å². The first kappa shape index (κ1) is 17.8. The fraction of sp³-hybridized carbons (Fsp3) is 0.333. The molecule has 0 bridgehead atoms. The second-order valence-electron chi connectivity index (χ2n) is 5.51. The molecule has 0 aliphatic carbocycles. The minimum absolute atomic E-state index is 0.152. The van der Waals surface area contributed by atoms with Crippen molar-refractivity contribution in [3.8, 4) is 11.5 Å². The number of nitrogens with one attached hydrogen (secondary N) is 1. The van der Waals surface area contributed by atoms with Gasteiger partial charge in [-0.25, -0.2) is 4.39 Å². The van der Waals surface area contributed by atoms with Gasteiger partial charge in [-0.15, -0.1) is 0 Å². The van der Waals surface area contributed by atoms with Crippen LogP contribution in [0.3, 0.4) is 0 Å². The van der Waals surface area contributed by atoms with Crippen molar-refractivity contribution in [2.24, 2.45) is 0 Å². The monoisotopic (exact) mass is 381 g/mol. The molecule has 0 aliphatic heterocycles. The normalized spacial score (nSPS) is 10.9. The van der Waals surface area contributed by atoms with Gasteiger partial charge in [0.2, 0.25) is 0 Å². The van der Waals surface area contributed by atoms with Gasteiger partial charge >= 0.3 is 0 Å². The summed E-state index contributed by atoms with van der Waals surface area (Å²) in [5.41, 5.74) is 1.59. The Morgan fingerprint density at radius 1 is 1.13 bits per heavy atom. The van der Waals surface area contributed by atoms with E-state index in [4.69, 9.17) is 9.47 Å².